The van der Waals surface area contributed by atoms with E-state index in [0.29, 0.717) is 5.92 Å². The molecule has 1 unspecified atom stereocenters. The zero-order chi connectivity index (χ0) is 14.9. The lowest BCUT2D eigenvalue weighted by Gasteiger charge is -2.20. The van der Waals surface area contributed by atoms with Crippen LogP contribution in [0.5, 0.6) is 0 Å². The minimum atomic E-state index is 0.491. The standard InChI is InChI=1S/C19H25NO/c1-16-8-6-7-11-19(16)18(15-20-12-13-21-2)14-17-9-4-3-5-10-17/h3-11,18,20H,12-15H2,1-2H3. The van der Waals surface area contributed by atoms with Crippen molar-refractivity contribution in [2.24, 2.45) is 0 Å². The molecule has 0 heterocycles. The molecule has 0 bridgehead atoms. The molecule has 0 radical (unpaired) electrons. The van der Waals surface area contributed by atoms with Crippen molar-refractivity contribution in [1.29, 1.82) is 0 Å². The third-order valence-corrected chi connectivity index (χ3v) is 3.83. The molecule has 0 aliphatic carbocycles. The molecule has 0 aliphatic rings. The van der Waals surface area contributed by atoms with Crippen LogP contribution in [0, 0.1) is 6.92 Å². The number of aryl methyl sites for hydroxylation is 1. The molecule has 2 nitrogen and oxygen atoms in total. The number of nitrogens with one attached hydrogen (secondary N) is 1. The molecule has 0 saturated carbocycles. The molecular formula is C19H25NO. The van der Waals surface area contributed by atoms with Gasteiger partial charge in [-0.25, -0.2) is 0 Å². The second kappa shape index (κ2) is 8.60. The quantitative estimate of drug-likeness (QED) is 0.748. The van der Waals surface area contributed by atoms with E-state index in [2.05, 4.69) is 66.8 Å². The average Bonchev–Trinajstić information content (AvgIpc) is 2.52. The molecule has 2 aromatic carbocycles. The maximum absolute atomic E-state index is 5.11. The van der Waals surface area contributed by atoms with Crippen molar-refractivity contribution >= 4 is 0 Å². The lowest BCUT2D eigenvalue weighted by atomic mass is 9.89. The average molecular weight is 283 g/mol. The first kappa shape index (κ1) is 15.7. The molecule has 2 heteroatoms. The summed E-state index contributed by atoms with van der Waals surface area (Å²) in [4.78, 5) is 0. The molecule has 0 amide bonds. The molecule has 0 saturated heterocycles. The zero-order valence-electron chi connectivity index (χ0n) is 13.0. The first-order valence-electron chi connectivity index (χ1n) is 7.60. The Morgan fingerprint density at radius 3 is 2.43 bits per heavy atom. The highest BCUT2D eigenvalue weighted by atomic mass is 16.5. The number of ether oxygens (including phenoxy) is 1. The van der Waals surface area contributed by atoms with E-state index in [0.717, 1.165) is 26.1 Å². The molecule has 21 heavy (non-hydrogen) atoms. The Morgan fingerprint density at radius 1 is 1.00 bits per heavy atom. The van der Waals surface area contributed by atoms with E-state index in [-0.39, 0.29) is 0 Å². The number of methoxy groups -OCH3 is 1. The van der Waals surface area contributed by atoms with Gasteiger partial charge in [0.25, 0.3) is 0 Å². The van der Waals surface area contributed by atoms with Gasteiger partial charge in [-0.05, 0) is 30.0 Å². The molecular weight excluding hydrogens is 258 g/mol. The number of benzene rings is 2. The van der Waals surface area contributed by atoms with Crippen LogP contribution in [0.25, 0.3) is 0 Å². The van der Waals surface area contributed by atoms with Crippen molar-refractivity contribution in [3.05, 3.63) is 71.3 Å². The van der Waals surface area contributed by atoms with Gasteiger partial charge in [0.1, 0.15) is 0 Å². The predicted molar refractivity (Wildman–Crippen MR) is 88.8 cm³/mol. The first-order valence-corrected chi connectivity index (χ1v) is 7.60. The van der Waals surface area contributed by atoms with E-state index in [4.69, 9.17) is 4.74 Å². The van der Waals surface area contributed by atoms with Gasteiger partial charge in [-0.3, -0.25) is 0 Å². The lowest BCUT2D eigenvalue weighted by Crippen LogP contribution is -2.26. The molecule has 1 atom stereocenters. The predicted octanol–water partition coefficient (Wildman–Crippen LogP) is 3.56. The normalized spacial score (nSPS) is 12.3. The molecule has 0 spiro atoms. The Morgan fingerprint density at radius 2 is 1.71 bits per heavy atom. The Kier molecular flexibility index (Phi) is 6.45. The summed E-state index contributed by atoms with van der Waals surface area (Å²) in [5, 5.41) is 3.51. The van der Waals surface area contributed by atoms with Gasteiger partial charge < -0.3 is 10.1 Å². The summed E-state index contributed by atoms with van der Waals surface area (Å²) in [5.41, 5.74) is 4.19. The maximum Gasteiger partial charge on any atom is 0.0587 e. The smallest absolute Gasteiger partial charge is 0.0587 e. The van der Waals surface area contributed by atoms with E-state index < -0.39 is 0 Å². The highest BCUT2D eigenvalue weighted by Crippen LogP contribution is 2.23. The van der Waals surface area contributed by atoms with Gasteiger partial charge in [-0.1, -0.05) is 54.6 Å². The molecule has 0 fully saturated rings. The largest absolute Gasteiger partial charge is 0.383 e. The van der Waals surface area contributed by atoms with Gasteiger partial charge in [0.2, 0.25) is 0 Å². The highest BCUT2D eigenvalue weighted by Gasteiger charge is 2.14. The third-order valence-electron chi connectivity index (χ3n) is 3.83. The van der Waals surface area contributed by atoms with Crippen molar-refractivity contribution in [1.82, 2.24) is 5.32 Å². The number of hydrogen-bond donors (Lipinski definition) is 1. The fraction of sp³-hybridized carbons (Fsp3) is 0.368. The van der Waals surface area contributed by atoms with E-state index in [1.54, 1.807) is 7.11 Å². The van der Waals surface area contributed by atoms with Gasteiger partial charge in [-0.15, -0.1) is 0 Å². The van der Waals surface area contributed by atoms with Crippen LogP contribution in [0.3, 0.4) is 0 Å². The van der Waals surface area contributed by atoms with Crippen LogP contribution < -0.4 is 5.32 Å². The Labute approximate surface area is 128 Å². The van der Waals surface area contributed by atoms with E-state index in [1.807, 2.05) is 0 Å². The fourth-order valence-corrected chi connectivity index (χ4v) is 2.69. The van der Waals surface area contributed by atoms with Crippen molar-refractivity contribution < 1.29 is 4.74 Å². The third kappa shape index (κ3) is 5.00. The summed E-state index contributed by atoms with van der Waals surface area (Å²) in [5.74, 6) is 0.491. The molecule has 112 valence electrons. The van der Waals surface area contributed by atoms with E-state index in [9.17, 15) is 0 Å². The Balaban J connectivity index is 2.08. The fourth-order valence-electron chi connectivity index (χ4n) is 2.69. The Bertz CT molecular complexity index is 524. The summed E-state index contributed by atoms with van der Waals surface area (Å²) >= 11 is 0. The molecule has 0 aliphatic heterocycles. The zero-order valence-corrected chi connectivity index (χ0v) is 13.0. The SMILES string of the molecule is COCCNCC(Cc1ccccc1)c1ccccc1C. The summed E-state index contributed by atoms with van der Waals surface area (Å²) in [6.07, 6.45) is 1.06. The van der Waals surface area contributed by atoms with E-state index >= 15 is 0 Å². The number of hydrogen-bond acceptors (Lipinski definition) is 2. The van der Waals surface area contributed by atoms with Crippen molar-refractivity contribution in [3.8, 4) is 0 Å². The number of rotatable bonds is 8. The van der Waals surface area contributed by atoms with Crippen LogP contribution in [-0.4, -0.2) is 26.8 Å². The molecule has 1 N–H and O–H groups in total. The summed E-state index contributed by atoms with van der Waals surface area (Å²) in [7, 11) is 1.74. The van der Waals surface area contributed by atoms with Gasteiger partial charge in [0.15, 0.2) is 0 Å². The van der Waals surface area contributed by atoms with Gasteiger partial charge in [0, 0.05) is 26.1 Å². The van der Waals surface area contributed by atoms with Crippen LogP contribution in [0.2, 0.25) is 0 Å². The van der Waals surface area contributed by atoms with Crippen LogP contribution >= 0.6 is 0 Å². The Hall–Kier alpha value is -1.64. The topological polar surface area (TPSA) is 21.3 Å². The second-order valence-corrected chi connectivity index (χ2v) is 5.44. The van der Waals surface area contributed by atoms with Crippen molar-refractivity contribution in [2.75, 3.05) is 26.8 Å². The minimum Gasteiger partial charge on any atom is -0.383 e. The monoisotopic (exact) mass is 283 g/mol. The van der Waals surface area contributed by atoms with Gasteiger partial charge >= 0.3 is 0 Å². The van der Waals surface area contributed by atoms with Crippen molar-refractivity contribution in [2.45, 2.75) is 19.3 Å². The second-order valence-electron chi connectivity index (χ2n) is 5.44. The summed E-state index contributed by atoms with van der Waals surface area (Å²) in [6.45, 7) is 4.82. The first-order chi connectivity index (χ1) is 10.3. The highest BCUT2D eigenvalue weighted by molar-refractivity contribution is 5.31. The maximum atomic E-state index is 5.11. The van der Waals surface area contributed by atoms with Crippen LogP contribution in [0.1, 0.15) is 22.6 Å². The van der Waals surface area contributed by atoms with Crippen LogP contribution in [0.4, 0.5) is 0 Å². The summed E-state index contributed by atoms with van der Waals surface area (Å²) in [6, 6.07) is 19.4. The minimum absolute atomic E-state index is 0.491. The lowest BCUT2D eigenvalue weighted by molar-refractivity contribution is 0.199. The van der Waals surface area contributed by atoms with Crippen LogP contribution in [-0.2, 0) is 11.2 Å². The van der Waals surface area contributed by atoms with Crippen LogP contribution in [0.15, 0.2) is 54.6 Å². The summed E-state index contributed by atoms with van der Waals surface area (Å²) < 4.78 is 5.11. The molecule has 2 rings (SSSR count). The van der Waals surface area contributed by atoms with E-state index in [1.165, 1.54) is 16.7 Å². The molecule has 2 aromatic rings. The molecule has 0 aromatic heterocycles. The van der Waals surface area contributed by atoms with Gasteiger partial charge in [0.05, 0.1) is 6.61 Å². The van der Waals surface area contributed by atoms with Crippen molar-refractivity contribution in [3.63, 3.8) is 0 Å². The van der Waals surface area contributed by atoms with Gasteiger partial charge in [-0.2, -0.15) is 0 Å².